The molecular formula is C54H74N2O16. The van der Waals surface area contributed by atoms with Crippen molar-refractivity contribution in [2.75, 3.05) is 13.2 Å². The Morgan fingerprint density at radius 1 is 0.625 bits per heavy atom. The SMILES string of the molecule is C=C(C)C(=O)OC1C2CC3C1OC(=O)C3(C#N)C2.C=C(C)C(=O)OCC(=O)OC1(C)CCCC1.CCC(C)(C)C(=O)OC1C2CC3C1OC(=O)C3(C#N)C2.CCC(C)(C)C(=O)OCC(=O)OC1(C)CCCC1. The molecule has 18 nitrogen and oxygen atoms in total. The van der Waals surface area contributed by atoms with Crippen LogP contribution in [0, 0.1) is 68.0 Å². The minimum atomic E-state index is -0.985. The van der Waals surface area contributed by atoms with Crippen LogP contribution < -0.4 is 0 Å². The highest BCUT2D eigenvalue weighted by Gasteiger charge is 2.73. The molecule has 8 aliphatic rings. The summed E-state index contributed by atoms with van der Waals surface area (Å²) in [6.45, 7) is 24.5. The zero-order chi connectivity index (χ0) is 53.8. The summed E-state index contributed by atoms with van der Waals surface area (Å²) in [5.74, 6) is -3.52. The molecular weight excluding hydrogens is 933 g/mol. The van der Waals surface area contributed by atoms with Gasteiger partial charge in [0.25, 0.3) is 0 Å². The molecule has 0 spiro atoms. The van der Waals surface area contributed by atoms with Crippen molar-refractivity contribution in [2.45, 2.75) is 195 Å². The van der Waals surface area contributed by atoms with Gasteiger partial charge in [-0.05, 0) is 145 Å². The summed E-state index contributed by atoms with van der Waals surface area (Å²) >= 11 is 0. The van der Waals surface area contributed by atoms with Crippen molar-refractivity contribution in [3.05, 3.63) is 24.3 Å². The normalized spacial score (nSPS) is 30.9. The molecule has 4 bridgehead atoms. The Kier molecular flexibility index (Phi) is 17.6. The van der Waals surface area contributed by atoms with Crippen molar-refractivity contribution in [3.63, 3.8) is 0 Å². The molecule has 2 heterocycles. The third-order valence-corrected chi connectivity index (χ3v) is 16.3. The topological polar surface area (TPSA) is 258 Å². The lowest BCUT2D eigenvalue weighted by Crippen LogP contribution is -2.42. The first-order valence-corrected chi connectivity index (χ1v) is 25.3. The van der Waals surface area contributed by atoms with Crippen molar-refractivity contribution in [1.82, 2.24) is 0 Å². The van der Waals surface area contributed by atoms with Crippen LogP contribution in [0.15, 0.2) is 24.3 Å². The van der Waals surface area contributed by atoms with E-state index in [4.69, 9.17) is 37.9 Å². The van der Waals surface area contributed by atoms with Gasteiger partial charge in [-0.15, -0.1) is 0 Å². The van der Waals surface area contributed by atoms with E-state index >= 15 is 0 Å². The van der Waals surface area contributed by atoms with E-state index in [1.54, 1.807) is 20.8 Å². The Morgan fingerprint density at radius 3 is 1.38 bits per heavy atom. The molecule has 6 saturated carbocycles. The third kappa shape index (κ3) is 12.0. The molecule has 0 N–H and O–H groups in total. The highest BCUT2D eigenvalue weighted by atomic mass is 16.6. The molecule has 6 aliphatic carbocycles. The number of carbonyl (C=O) groups excluding carboxylic acids is 8. The lowest BCUT2D eigenvalue weighted by atomic mass is 9.74. The van der Waals surface area contributed by atoms with Gasteiger partial charge in [0.15, 0.2) is 24.0 Å². The number of esters is 8. The molecule has 8 rings (SSSR count). The average Bonchev–Trinajstić information content (AvgIpc) is 4.22. The first-order valence-electron chi connectivity index (χ1n) is 25.3. The second kappa shape index (κ2) is 22.1. The van der Waals surface area contributed by atoms with Gasteiger partial charge >= 0.3 is 47.8 Å². The van der Waals surface area contributed by atoms with Crippen LogP contribution in [0.5, 0.6) is 0 Å². The molecule has 0 aromatic carbocycles. The van der Waals surface area contributed by atoms with Crippen LogP contribution in [0.3, 0.4) is 0 Å². The Hall–Kier alpha value is -5.78. The molecule has 0 aromatic heterocycles. The molecule has 0 radical (unpaired) electrons. The van der Waals surface area contributed by atoms with Gasteiger partial charge < -0.3 is 37.9 Å². The smallest absolute Gasteiger partial charge is 0.344 e. The van der Waals surface area contributed by atoms with Crippen molar-refractivity contribution in [1.29, 1.82) is 10.5 Å². The number of fused-ring (bicyclic) bond motifs is 2. The van der Waals surface area contributed by atoms with Gasteiger partial charge in [-0.2, -0.15) is 10.5 Å². The van der Waals surface area contributed by atoms with Crippen LogP contribution in [0.1, 0.15) is 159 Å². The summed E-state index contributed by atoms with van der Waals surface area (Å²) in [7, 11) is 0. The fourth-order valence-electron chi connectivity index (χ4n) is 11.0. The van der Waals surface area contributed by atoms with Crippen molar-refractivity contribution < 1.29 is 76.3 Å². The van der Waals surface area contributed by atoms with Crippen molar-refractivity contribution in [3.8, 4) is 12.1 Å². The first kappa shape index (κ1) is 57.1. The summed E-state index contributed by atoms with van der Waals surface area (Å²) in [5.41, 5.74) is -3.15. The van der Waals surface area contributed by atoms with E-state index in [9.17, 15) is 48.9 Å². The predicted octanol–water partition coefficient (Wildman–Crippen LogP) is 7.58. The number of hydrogen-bond acceptors (Lipinski definition) is 18. The third-order valence-electron chi connectivity index (χ3n) is 16.3. The predicted molar refractivity (Wildman–Crippen MR) is 254 cm³/mol. The van der Waals surface area contributed by atoms with Gasteiger partial charge in [0.2, 0.25) is 0 Å². The molecule has 10 atom stereocenters. The van der Waals surface area contributed by atoms with E-state index < -0.39 is 75.8 Å². The fraction of sp³-hybridized carbons (Fsp3) is 0.741. The highest BCUT2D eigenvalue weighted by Crippen LogP contribution is 2.63. The number of rotatable bonds is 14. The fourth-order valence-corrected chi connectivity index (χ4v) is 11.0. The number of ether oxygens (including phenoxy) is 8. The summed E-state index contributed by atoms with van der Waals surface area (Å²) in [5, 5.41) is 18.5. The van der Waals surface area contributed by atoms with E-state index in [1.807, 2.05) is 41.5 Å². The Balaban J connectivity index is 0.000000179. The van der Waals surface area contributed by atoms with Gasteiger partial charge in [-0.3, -0.25) is 19.2 Å². The molecule has 10 unspecified atom stereocenters. The highest BCUT2D eigenvalue weighted by molar-refractivity contribution is 5.89. The lowest BCUT2D eigenvalue weighted by molar-refractivity contribution is -0.172. The monoisotopic (exact) mass is 1010 g/mol. The molecule has 0 amide bonds. The van der Waals surface area contributed by atoms with E-state index in [0.717, 1.165) is 64.2 Å². The maximum atomic E-state index is 12.2. The van der Waals surface area contributed by atoms with Crippen LogP contribution in [-0.4, -0.2) is 96.6 Å². The molecule has 18 heteroatoms. The Bertz CT molecular complexity index is 2260. The molecule has 0 aromatic rings. The van der Waals surface area contributed by atoms with Crippen LogP contribution in [0.25, 0.3) is 0 Å². The molecule has 8 fully saturated rings. The summed E-state index contributed by atoms with van der Waals surface area (Å²) < 4.78 is 42.0. The zero-order valence-electron chi connectivity index (χ0n) is 43.8. The van der Waals surface area contributed by atoms with Gasteiger partial charge in [-0.1, -0.05) is 27.0 Å². The minimum absolute atomic E-state index is 0.0504. The first-order chi connectivity index (χ1) is 33.6. The van der Waals surface area contributed by atoms with Gasteiger partial charge in [-0.25, -0.2) is 19.2 Å². The number of nitriles is 2. The van der Waals surface area contributed by atoms with E-state index in [0.29, 0.717) is 31.3 Å². The molecule has 2 aliphatic heterocycles. The van der Waals surface area contributed by atoms with Crippen molar-refractivity contribution in [2.24, 2.45) is 45.3 Å². The van der Waals surface area contributed by atoms with E-state index in [1.165, 1.54) is 6.92 Å². The zero-order valence-corrected chi connectivity index (χ0v) is 43.8. The summed E-state index contributed by atoms with van der Waals surface area (Å²) in [6, 6.07) is 4.26. The Morgan fingerprint density at radius 2 is 1.00 bits per heavy atom. The quantitative estimate of drug-likeness (QED) is 0.0922. The van der Waals surface area contributed by atoms with Crippen LogP contribution in [-0.2, 0) is 76.3 Å². The second-order valence-electron chi connectivity index (χ2n) is 22.7. The number of hydrogen-bond donors (Lipinski definition) is 0. The van der Waals surface area contributed by atoms with E-state index in [-0.39, 0.29) is 71.7 Å². The molecule has 396 valence electrons. The second-order valence-corrected chi connectivity index (χ2v) is 22.7. The number of nitrogens with zero attached hydrogens (tertiary/aromatic N) is 2. The summed E-state index contributed by atoms with van der Waals surface area (Å²) in [6.07, 6.45) is 10.00. The van der Waals surface area contributed by atoms with E-state index in [2.05, 4.69) is 25.3 Å². The molecule has 2 saturated heterocycles. The standard InChI is InChI=1S/C15H19NO4.C14H24O4.C13H13NO4.C12H18O4/c1-4-14(2,3)12(17)19-10-8-5-9-11(10)20-13(18)15(9,6-8)7-16;1-5-13(2,3)12(16)17-10-11(15)18-14(4)8-6-7-9-14;1-6(2)11(15)17-9-7-3-8-10(9)18-12(16)13(8,4-7)5-14;1-9(2)11(14)15-8-10(13)16-12(3)6-4-5-7-12/h8-11H,4-6H2,1-3H3;5-10H2,1-4H3;7-10H,1,3-4H2,2H3;1,4-8H2,2-3H3. The maximum Gasteiger partial charge on any atom is 0.344 e. The van der Waals surface area contributed by atoms with Gasteiger partial charge in [0, 0.05) is 34.8 Å². The van der Waals surface area contributed by atoms with Crippen LogP contribution >= 0.6 is 0 Å². The Labute approximate surface area is 423 Å². The van der Waals surface area contributed by atoms with Gasteiger partial charge in [0.1, 0.15) is 35.6 Å². The maximum absolute atomic E-state index is 12.2. The van der Waals surface area contributed by atoms with Gasteiger partial charge in [0.05, 0.1) is 23.0 Å². The van der Waals surface area contributed by atoms with Crippen LogP contribution in [0.4, 0.5) is 0 Å². The largest absolute Gasteiger partial charge is 0.458 e. The number of carbonyl (C=O) groups is 8. The van der Waals surface area contributed by atoms with Crippen LogP contribution in [0.2, 0.25) is 0 Å². The average molecular weight is 1010 g/mol. The van der Waals surface area contributed by atoms with Crippen molar-refractivity contribution >= 4 is 47.8 Å². The molecule has 72 heavy (non-hydrogen) atoms. The lowest BCUT2D eigenvalue weighted by Gasteiger charge is -2.30. The minimum Gasteiger partial charge on any atom is -0.458 e. The summed E-state index contributed by atoms with van der Waals surface area (Å²) in [4.78, 5) is 93.3.